The topological polar surface area (TPSA) is 16.8 Å². The lowest BCUT2D eigenvalue weighted by atomic mass is 9.83. The molecular weight excluding hydrogens is 320 g/mol. The number of rotatable bonds is 6. The van der Waals surface area contributed by atoms with E-state index in [0.29, 0.717) is 0 Å². The van der Waals surface area contributed by atoms with Crippen LogP contribution in [0.2, 0.25) is 0 Å². The number of hydrogen-bond acceptors (Lipinski definition) is 2. The first-order valence-electron chi connectivity index (χ1n) is 10.6. The average molecular weight is 355 g/mol. The maximum Gasteiger partial charge on any atom is 0.352 e. The monoisotopic (exact) mass is 354 g/mol. The molecule has 0 atom stereocenters. The second kappa shape index (κ2) is 7.33. The zero-order valence-corrected chi connectivity index (χ0v) is 17.0. The summed E-state index contributed by atoms with van der Waals surface area (Å²) in [6, 6.07) is 8.89. The van der Waals surface area contributed by atoms with Crippen molar-refractivity contribution in [1.29, 1.82) is 0 Å². The highest BCUT2D eigenvalue weighted by Crippen LogP contribution is 2.57. The highest BCUT2D eigenvalue weighted by Gasteiger charge is 2.59. The third-order valence-electron chi connectivity index (χ3n) is 7.15. The van der Waals surface area contributed by atoms with Gasteiger partial charge >= 0.3 is 5.72 Å². The summed E-state index contributed by atoms with van der Waals surface area (Å²) in [4.78, 5) is 10.9. The van der Waals surface area contributed by atoms with Gasteiger partial charge in [0.25, 0.3) is 0 Å². The third kappa shape index (κ3) is 2.62. The van der Waals surface area contributed by atoms with Gasteiger partial charge in [0.1, 0.15) is 0 Å². The second-order valence-corrected chi connectivity index (χ2v) is 8.03. The molecule has 0 aromatic heterocycles. The summed E-state index contributed by atoms with van der Waals surface area (Å²) in [7, 11) is 0. The Morgan fingerprint density at radius 1 is 0.885 bits per heavy atom. The van der Waals surface area contributed by atoms with Crippen molar-refractivity contribution in [3.05, 3.63) is 46.8 Å². The standard InChI is InChI=1S/C23H34N2O/c1-6-21(7-2)19-15-11-12-16-20(19)22(8-3,9-4)25(21)26-23(24-5)17-13-10-14-18-23/h11-12,15-16H,6-10,13-14,17-18H2,1-4H3. The molecule has 0 amide bonds. The summed E-state index contributed by atoms with van der Waals surface area (Å²) in [5.41, 5.74) is 1.86. The smallest absolute Gasteiger partial charge is 0.279 e. The minimum absolute atomic E-state index is 0.141. The van der Waals surface area contributed by atoms with E-state index in [4.69, 9.17) is 11.4 Å². The lowest BCUT2D eigenvalue weighted by molar-refractivity contribution is -0.332. The molecule has 26 heavy (non-hydrogen) atoms. The Morgan fingerprint density at radius 3 is 1.73 bits per heavy atom. The Balaban J connectivity index is 2.15. The lowest BCUT2D eigenvalue weighted by Crippen LogP contribution is -2.54. The molecule has 1 saturated carbocycles. The van der Waals surface area contributed by atoms with Crippen LogP contribution >= 0.6 is 0 Å². The van der Waals surface area contributed by atoms with Crippen LogP contribution in [-0.2, 0) is 15.9 Å². The highest BCUT2D eigenvalue weighted by molar-refractivity contribution is 5.44. The predicted octanol–water partition coefficient (Wildman–Crippen LogP) is 6.54. The largest absolute Gasteiger partial charge is 0.352 e. The van der Waals surface area contributed by atoms with E-state index in [0.717, 1.165) is 51.4 Å². The van der Waals surface area contributed by atoms with Crippen molar-refractivity contribution >= 4 is 0 Å². The van der Waals surface area contributed by atoms with Gasteiger partial charge in [-0.2, -0.15) is 5.06 Å². The molecular formula is C23H34N2O. The molecule has 1 aromatic carbocycles. The van der Waals surface area contributed by atoms with Crippen molar-refractivity contribution < 1.29 is 4.84 Å². The van der Waals surface area contributed by atoms with E-state index < -0.39 is 5.72 Å². The van der Waals surface area contributed by atoms with Gasteiger partial charge in [0.05, 0.1) is 23.9 Å². The SMILES string of the molecule is [C-]#[N+]C1(ON2C(CC)(CC)c3ccccc3C2(CC)CC)CCCCC1. The Bertz CT molecular complexity index is 622. The molecule has 0 radical (unpaired) electrons. The molecule has 142 valence electrons. The fourth-order valence-electron chi connectivity index (χ4n) is 5.43. The minimum Gasteiger partial charge on any atom is -0.279 e. The van der Waals surface area contributed by atoms with Crippen molar-refractivity contribution in [3.8, 4) is 0 Å². The zero-order valence-electron chi connectivity index (χ0n) is 17.0. The van der Waals surface area contributed by atoms with Crippen molar-refractivity contribution in [3.63, 3.8) is 0 Å². The van der Waals surface area contributed by atoms with Gasteiger partial charge in [-0.3, -0.25) is 4.85 Å². The van der Waals surface area contributed by atoms with Gasteiger partial charge in [-0.1, -0.05) is 58.4 Å². The quantitative estimate of drug-likeness (QED) is 0.539. The molecule has 3 heteroatoms. The summed E-state index contributed by atoms with van der Waals surface area (Å²) >= 11 is 0. The summed E-state index contributed by atoms with van der Waals surface area (Å²) in [6.07, 6.45) is 9.12. The van der Waals surface area contributed by atoms with Gasteiger partial charge in [0.2, 0.25) is 0 Å². The van der Waals surface area contributed by atoms with Crippen molar-refractivity contribution in [2.45, 2.75) is 102 Å². The van der Waals surface area contributed by atoms with Crippen molar-refractivity contribution in [2.24, 2.45) is 0 Å². The number of hydrogen-bond donors (Lipinski definition) is 0. The van der Waals surface area contributed by atoms with Gasteiger partial charge < -0.3 is 0 Å². The fraction of sp³-hybridized carbons (Fsp3) is 0.696. The average Bonchev–Trinajstić information content (AvgIpc) is 2.94. The van der Waals surface area contributed by atoms with Gasteiger partial charge in [-0.15, -0.1) is 0 Å². The van der Waals surface area contributed by atoms with Crippen LogP contribution in [-0.4, -0.2) is 10.8 Å². The van der Waals surface area contributed by atoms with E-state index in [9.17, 15) is 0 Å². The Hall–Kier alpha value is -1.37. The van der Waals surface area contributed by atoms with Crippen LogP contribution in [0.1, 0.15) is 96.6 Å². The molecule has 2 aliphatic rings. The van der Waals surface area contributed by atoms with Crippen LogP contribution in [0.4, 0.5) is 0 Å². The molecule has 0 bridgehead atoms. The number of fused-ring (bicyclic) bond motifs is 1. The van der Waals surface area contributed by atoms with E-state index in [-0.39, 0.29) is 11.1 Å². The van der Waals surface area contributed by atoms with Crippen molar-refractivity contribution in [2.75, 3.05) is 0 Å². The predicted molar refractivity (Wildman–Crippen MR) is 106 cm³/mol. The number of benzene rings is 1. The molecule has 3 rings (SSSR count). The molecule has 0 saturated heterocycles. The molecule has 0 unspecified atom stereocenters. The second-order valence-electron chi connectivity index (χ2n) is 8.03. The first-order valence-corrected chi connectivity index (χ1v) is 10.6. The number of hydroxylamine groups is 2. The molecule has 1 heterocycles. The molecule has 1 aromatic rings. The molecule has 1 aliphatic carbocycles. The van der Waals surface area contributed by atoms with Crippen molar-refractivity contribution in [1.82, 2.24) is 5.06 Å². The molecule has 0 N–H and O–H groups in total. The maximum atomic E-state index is 7.93. The van der Waals surface area contributed by atoms with Crippen LogP contribution in [0.15, 0.2) is 24.3 Å². The maximum absolute atomic E-state index is 7.93. The molecule has 0 spiro atoms. The van der Waals surface area contributed by atoms with Crippen LogP contribution < -0.4 is 0 Å². The van der Waals surface area contributed by atoms with Crippen LogP contribution in [0, 0.1) is 6.57 Å². The number of nitrogens with zero attached hydrogens (tertiary/aromatic N) is 2. The summed E-state index contributed by atoms with van der Waals surface area (Å²) in [6.45, 7) is 17.0. The molecule has 1 aliphatic heterocycles. The molecule has 3 nitrogen and oxygen atoms in total. The van der Waals surface area contributed by atoms with E-state index in [1.54, 1.807) is 0 Å². The van der Waals surface area contributed by atoms with E-state index in [1.165, 1.54) is 17.5 Å². The summed E-state index contributed by atoms with van der Waals surface area (Å²) in [5, 5.41) is 2.31. The first-order chi connectivity index (χ1) is 12.6. The van der Waals surface area contributed by atoms with E-state index in [2.05, 4.69) is 61.9 Å². The fourth-order valence-corrected chi connectivity index (χ4v) is 5.43. The van der Waals surface area contributed by atoms with E-state index >= 15 is 0 Å². The Labute approximate surface area is 159 Å². The zero-order chi connectivity index (χ0) is 18.8. The van der Waals surface area contributed by atoms with Gasteiger partial charge in [-0.05, 0) is 49.7 Å². The van der Waals surface area contributed by atoms with Crippen LogP contribution in [0.25, 0.3) is 4.85 Å². The normalized spacial score (nSPS) is 23.3. The Kier molecular flexibility index (Phi) is 5.47. The third-order valence-corrected chi connectivity index (χ3v) is 7.15. The highest BCUT2D eigenvalue weighted by atomic mass is 16.7. The summed E-state index contributed by atoms with van der Waals surface area (Å²) < 4.78 is 0. The van der Waals surface area contributed by atoms with E-state index in [1.807, 2.05) is 0 Å². The van der Waals surface area contributed by atoms with Gasteiger partial charge in [-0.25, -0.2) is 11.4 Å². The van der Waals surface area contributed by atoms with Crippen LogP contribution in [0.5, 0.6) is 0 Å². The lowest BCUT2D eigenvalue weighted by Gasteiger charge is -2.47. The van der Waals surface area contributed by atoms with Gasteiger partial charge in [0.15, 0.2) is 0 Å². The summed E-state index contributed by atoms with van der Waals surface area (Å²) in [5.74, 6) is 0. The van der Waals surface area contributed by atoms with Gasteiger partial charge in [0, 0.05) is 0 Å². The van der Waals surface area contributed by atoms with Crippen LogP contribution in [0.3, 0.4) is 0 Å². The minimum atomic E-state index is -0.675. The Morgan fingerprint density at radius 2 is 1.35 bits per heavy atom. The molecule has 1 fully saturated rings. The first kappa shape index (κ1) is 19.4.